The van der Waals surface area contributed by atoms with E-state index >= 15 is 0 Å². The van der Waals surface area contributed by atoms with E-state index in [9.17, 15) is 0 Å². The molecule has 0 atom stereocenters. The van der Waals surface area contributed by atoms with Crippen molar-refractivity contribution >= 4 is 62.1 Å². The van der Waals surface area contributed by atoms with Crippen LogP contribution in [0.25, 0.3) is 0 Å². The molecule has 0 unspecified atom stereocenters. The van der Waals surface area contributed by atoms with Gasteiger partial charge < -0.3 is 10.6 Å². The number of halogens is 3. The Balaban J connectivity index is 1.82. The van der Waals surface area contributed by atoms with Crippen LogP contribution in [0.1, 0.15) is 5.56 Å². The van der Waals surface area contributed by atoms with Crippen molar-refractivity contribution in [2.75, 3.05) is 11.9 Å². The summed E-state index contributed by atoms with van der Waals surface area (Å²) in [5, 5.41) is 8.13. The van der Waals surface area contributed by atoms with Gasteiger partial charge in [-0.15, -0.1) is 0 Å². The molecular weight excluding hydrogens is 391 g/mol. The number of benzene rings is 2. The van der Waals surface area contributed by atoms with Crippen molar-refractivity contribution in [1.82, 2.24) is 5.32 Å². The highest BCUT2D eigenvalue weighted by Gasteiger charge is 2.03. The number of hydrogen-bond donors (Lipinski definition) is 2. The lowest BCUT2D eigenvalue weighted by Crippen LogP contribution is -2.30. The van der Waals surface area contributed by atoms with Crippen LogP contribution in [0.15, 0.2) is 46.9 Å². The van der Waals surface area contributed by atoms with Crippen molar-refractivity contribution in [1.29, 1.82) is 0 Å². The van der Waals surface area contributed by atoms with Gasteiger partial charge in [0.15, 0.2) is 5.11 Å². The third kappa shape index (κ3) is 5.47. The van der Waals surface area contributed by atoms with Gasteiger partial charge in [-0.1, -0.05) is 51.3 Å². The summed E-state index contributed by atoms with van der Waals surface area (Å²) >= 11 is 20.7. The fourth-order valence-electron chi connectivity index (χ4n) is 1.77. The van der Waals surface area contributed by atoms with Crippen LogP contribution in [-0.4, -0.2) is 11.7 Å². The van der Waals surface area contributed by atoms with Crippen LogP contribution in [-0.2, 0) is 6.42 Å². The minimum atomic E-state index is 0.543. The zero-order valence-corrected chi connectivity index (χ0v) is 14.9. The molecule has 6 heteroatoms. The predicted molar refractivity (Wildman–Crippen MR) is 98.5 cm³/mol. The number of nitrogens with one attached hydrogen (secondary N) is 2. The Morgan fingerprint density at radius 3 is 2.67 bits per heavy atom. The van der Waals surface area contributed by atoms with Crippen LogP contribution in [0.2, 0.25) is 10.0 Å². The van der Waals surface area contributed by atoms with E-state index < -0.39 is 0 Å². The largest absolute Gasteiger partial charge is 0.362 e. The van der Waals surface area contributed by atoms with E-state index in [-0.39, 0.29) is 0 Å². The maximum atomic E-state index is 6.13. The van der Waals surface area contributed by atoms with Crippen LogP contribution < -0.4 is 10.6 Å². The van der Waals surface area contributed by atoms with E-state index in [2.05, 4.69) is 26.6 Å². The highest BCUT2D eigenvalue weighted by Crippen LogP contribution is 2.25. The average Bonchev–Trinajstić information content (AvgIpc) is 2.42. The monoisotopic (exact) mass is 402 g/mol. The van der Waals surface area contributed by atoms with Gasteiger partial charge in [-0.3, -0.25) is 0 Å². The van der Waals surface area contributed by atoms with Gasteiger partial charge in [0, 0.05) is 16.0 Å². The molecule has 0 saturated heterocycles. The molecule has 21 heavy (non-hydrogen) atoms. The summed E-state index contributed by atoms with van der Waals surface area (Å²) in [4.78, 5) is 0. The zero-order valence-electron chi connectivity index (χ0n) is 11.0. The summed E-state index contributed by atoms with van der Waals surface area (Å²) in [6.07, 6.45) is 0.844. The predicted octanol–water partition coefficient (Wildman–Crippen LogP) is 5.29. The van der Waals surface area contributed by atoms with E-state index in [1.807, 2.05) is 42.5 Å². The first-order valence-electron chi connectivity index (χ1n) is 6.29. The van der Waals surface area contributed by atoms with Gasteiger partial charge in [0.1, 0.15) is 0 Å². The highest BCUT2D eigenvalue weighted by molar-refractivity contribution is 9.10. The fraction of sp³-hybridized carbons (Fsp3) is 0.133. The average molecular weight is 404 g/mol. The van der Waals surface area contributed by atoms with Crippen molar-refractivity contribution in [2.24, 2.45) is 0 Å². The number of rotatable bonds is 4. The first kappa shape index (κ1) is 16.6. The summed E-state index contributed by atoms with van der Waals surface area (Å²) in [5.74, 6) is 0. The third-order valence-electron chi connectivity index (χ3n) is 2.77. The van der Waals surface area contributed by atoms with Gasteiger partial charge in [-0.05, 0) is 54.5 Å². The van der Waals surface area contributed by atoms with Gasteiger partial charge in [0.05, 0.1) is 10.7 Å². The smallest absolute Gasteiger partial charge is 0.170 e. The van der Waals surface area contributed by atoms with Gasteiger partial charge >= 0.3 is 0 Å². The molecule has 2 rings (SSSR count). The molecule has 0 aliphatic rings. The van der Waals surface area contributed by atoms with Gasteiger partial charge in [-0.2, -0.15) is 0 Å². The summed E-state index contributed by atoms with van der Waals surface area (Å²) in [6, 6.07) is 13.4. The molecule has 0 saturated carbocycles. The lowest BCUT2D eigenvalue weighted by molar-refractivity contribution is 0.873. The SMILES string of the molecule is S=C(NCCc1cccc(Cl)c1)Nc1ccc(Br)cc1Cl. The quantitative estimate of drug-likeness (QED) is 0.678. The van der Waals surface area contributed by atoms with E-state index in [1.54, 1.807) is 0 Å². The van der Waals surface area contributed by atoms with Crippen LogP contribution in [0.4, 0.5) is 5.69 Å². The van der Waals surface area contributed by atoms with E-state index in [0.29, 0.717) is 10.1 Å². The first-order valence-corrected chi connectivity index (χ1v) is 8.24. The summed E-state index contributed by atoms with van der Waals surface area (Å²) in [6.45, 7) is 0.723. The molecule has 0 fully saturated rings. The normalized spacial score (nSPS) is 10.2. The van der Waals surface area contributed by atoms with Crippen LogP contribution in [0, 0.1) is 0 Å². The molecule has 0 radical (unpaired) electrons. The highest BCUT2D eigenvalue weighted by atomic mass is 79.9. The Morgan fingerprint density at radius 2 is 1.95 bits per heavy atom. The van der Waals surface area contributed by atoms with Crippen LogP contribution >= 0.6 is 51.3 Å². The van der Waals surface area contributed by atoms with Crippen molar-refractivity contribution in [2.45, 2.75) is 6.42 Å². The molecule has 0 aliphatic carbocycles. The van der Waals surface area contributed by atoms with E-state index in [4.69, 9.17) is 35.4 Å². The Labute approximate surface area is 148 Å². The second kappa shape index (κ2) is 7.99. The topological polar surface area (TPSA) is 24.1 Å². The third-order valence-corrected chi connectivity index (χ3v) is 4.06. The van der Waals surface area contributed by atoms with Gasteiger partial charge in [-0.25, -0.2) is 0 Å². The molecule has 0 bridgehead atoms. The summed E-state index contributed by atoms with van der Waals surface area (Å²) < 4.78 is 0.929. The number of anilines is 1. The first-order chi connectivity index (χ1) is 10.0. The summed E-state index contributed by atoms with van der Waals surface area (Å²) in [5.41, 5.74) is 1.94. The van der Waals surface area contributed by atoms with E-state index in [0.717, 1.165) is 28.1 Å². The maximum Gasteiger partial charge on any atom is 0.170 e. The standard InChI is InChI=1S/C15H13BrCl2N2S/c16-11-4-5-14(13(18)9-11)20-15(21)19-7-6-10-2-1-3-12(17)8-10/h1-5,8-9H,6-7H2,(H2,19,20,21). The number of hydrogen-bond acceptors (Lipinski definition) is 1. The van der Waals surface area contributed by atoms with E-state index in [1.165, 1.54) is 5.56 Å². The molecule has 2 nitrogen and oxygen atoms in total. The van der Waals surface area contributed by atoms with Crippen molar-refractivity contribution in [3.05, 3.63) is 62.5 Å². The Morgan fingerprint density at radius 1 is 1.14 bits per heavy atom. The molecule has 110 valence electrons. The van der Waals surface area contributed by atoms with Crippen molar-refractivity contribution < 1.29 is 0 Å². The maximum absolute atomic E-state index is 6.13. The second-order valence-electron chi connectivity index (χ2n) is 4.38. The fourth-order valence-corrected chi connectivity index (χ4v) is 2.92. The molecular formula is C15H13BrCl2N2S. The van der Waals surface area contributed by atoms with Gasteiger partial charge in [0.25, 0.3) is 0 Å². The lowest BCUT2D eigenvalue weighted by Gasteiger charge is -2.12. The van der Waals surface area contributed by atoms with Crippen LogP contribution in [0.5, 0.6) is 0 Å². The molecule has 2 aromatic carbocycles. The Bertz CT molecular complexity index is 649. The molecule has 2 N–H and O–H groups in total. The molecule has 0 heterocycles. The molecule has 0 aliphatic heterocycles. The molecule has 0 spiro atoms. The molecule has 0 amide bonds. The summed E-state index contributed by atoms with van der Waals surface area (Å²) in [7, 11) is 0. The van der Waals surface area contributed by atoms with Crippen molar-refractivity contribution in [3.8, 4) is 0 Å². The molecule has 2 aromatic rings. The Kier molecular flexibility index (Phi) is 6.30. The van der Waals surface area contributed by atoms with Gasteiger partial charge in [0.2, 0.25) is 0 Å². The lowest BCUT2D eigenvalue weighted by atomic mass is 10.1. The van der Waals surface area contributed by atoms with Crippen LogP contribution in [0.3, 0.4) is 0 Å². The zero-order chi connectivity index (χ0) is 15.2. The van der Waals surface area contributed by atoms with Crippen molar-refractivity contribution in [3.63, 3.8) is 0 Å². The second-order valence-corrected chi connectivity index (χ2v) is 6.55. The minimum Gasteiger partial charge on any atom is -0.362 e. The minimum absolute atomic E-state index is 0.543. The Hall–Kier alpha value is -0.810. The number of thiocarbonyl (C=S) groups is 1. The molecule has 0 aromatic heterocycles.